The molecule has 2 atom stereocenters. The predicted molar refractivity (Wildman–Crippen MR) is 117 cm³/mol. The molecule has 168 valence electrons. The first kappa shape index (κ1) is 26.0. The number of amides is 2. The minimum Gasteiger partial charge on any atom is -0.464 e. The number of nitrogens with one attached hydrogen (secondary N) is 2. The van der Waals surface area contributed by atoms with E-state index in [4.69, 9.17) is 27.9 Å². The highest BCUT2D eigenvalue weighted by Gasteiger charge is 2.26. The number of alkyl halides is 2. The molecule has 3 N–H and O–H groups in total. The van der Waals surface area contributed by atoms with Crippen molar-refractivity contribution < 1.29 is 24.2 Å². The SMILES string of the molecule is CCOC(=O)[C@H](CO)NC(=O)[C@@H](Cc1ccc(N(CCCl)CCCl)cc1)NC(C)=O. The van der Waals surface area contributed by atoms with E-state index < -0.39 is 30.6 Å². The van der Waals surface area contributed by atoms with Crippen molar-refractivity contribution in [3.63, 3.8) is 0 Å². The quantitative estimate of drug-likeness (QED) is 0.299. The number of carbonyl (C=O) groups is 3. The zero-order valence-corrected chi connectivity index (χ0v) is 18.7. The average molecular weight is 462 g/mol. The minimum atomic E-state index is -1.20. The number of carbonyl (C=O) groups excluding carboxylic acids is 3. The summed E-state index contributed by atoms with van der Waals surface area (Å²) in [4.78, 5) is 38.0. The van der Waals surface area contributed by atoms with Gasteiger partial charge >= 0.3 is 5.97 Å². The maximum Gasteiger partial charge on any atom is 0.331 e. The van der Waals surface area contributed by atoms with Crippen LogP contribution in [-0.2, 0) is 25.5 Å². The first-order valence-electron chi connectivity index (χ1n) is 9.67. The number of benzene rings is 1. The van der Waals surface area contributed by atoms with Gasteiger partial charge in [-0.3, -0.25) is 9.59 Å². The van der Waals surface area contributed by atoms with Crippen LogP contribution in [0.15, 0.2) is 24.3 Å². The molecule has 0 bridgehead atoms. The van der Waals surface area contributed by atoms with Crippen LogP contribution in [-0.4, -0.2) is 73.0 Å². The standard InChI is InChI=1S/C20H29Cl2N3O5/c1-3-30-20(29)18(13-26)24-19(28)17(23-14(2)27)12-15-4-6-16(7-5-15)25(10-8-21)11-9-22/h4-7,17-18,26H,3,8-13H2,1-2H3,(H,23,27)(H,24,28)/t17-,18+/m1/s1. The molecule has 0 aromatic heterocycles. The fourth-order valence-corrected chi connectivity index (χ4v) is 3.21. The Morgan fingerprint density at radius 2 is 1.67 bits per heavy atom. The molecule has 0 unspecified atom stereocenters. The van der Waals surface area contributed by atoms with Crippen LogP contribution in [0.1, 0.15) is 19.4 Å². The molecule has 0 spiro atoms. The molecule has 0 saturated carbocycles. The Morgan fingerprint density at radius 3 is 2.13 bits per heavy atom. The summed E-state index contributed by atoms with van der Waals surface area (Å²) in [6.07, 6.45) is 0.206. The maximum absolute atomic E-state index is 12.6. The molecular formula is C20H29Cl2N3O5. The third-order valence-electron chi connectivity index (χ3n) is 4.21. The van der Waals surface area contributed by atoms with Crippen LogP contribution in [0.4, 0.5) is 5.69 Å². The third-order valence-corrected chi connectivity index (χ3v) is 4.55. The molecule has 1 rings (SSSR count). The molecule has 0 aliphatic rings. The topological polar surface area (TPSA) is 108 Å². The van der Waals surface area contributed by atoms with Gasteiger partial charge in [0.1, 0.15) is 6.04 Å². The van der Waals surface area contributed by atoms with Gasteiger partial charge < -0.3 is 25.4 Å². The van der Waals surface area contributed by atoms with Crippen molar-refractivity contribution in [2.75, 3.05) is 43.0 Å². The van der Waals surface area contributed by atoms with E-state index in [1.54, 1.807) is 6.92 Å². The number of esters is 1. The van der Waals surface area contributed by atoms with Crippen molar-refractivity contribution in [2.45, 2.75) is 32.4 Å². The first-order chi connectivity index (χ1) is 14.4. The Balaban J connectivity index is 2.90. The Bertz CT molecular complexity index is 682. The van der Waals surface area contributed by atoms with E-state index in [2.05, 4.69) is 10.6 Å². The lowest BCUT2D eigenvalue weighted by Gasteiger charge is -2.24. The van der Waals surface area contributed by atoms with Gasteiger partial charge in [-0.25, -0.2) is 4.79 Å². The number of halogens is 2. The molecule has 0 aliphatic heterocycles. The number of hydrogen-bond donors (Lipinski definition) is 3. The van der Waals surface area contributed by atoms with Crippen molar-refractivity contribution in [3.05, 3.63) is 29.8 Å². The molecule has 1 aromatic carbocycles. The van der Waals surface area contributed by atoms with Gasteiger partial charge in [-0.15, -0.1) is 23.2 Å². The molecule has 1 aromatic rings. The van der Waals surface area contributed by atoms with Gasteiger partial charge in [-0.05, 0) is 24.6 Å². The largest absolute Gasteiger partial charge is 0.464 e. The normalized spacial score (nSPS) is 12.6. The molecule has 0 radical (unpaired) electrons. The zero-order chi connectivity index (χ0) is 22.5. The summed E-state index contributed by atoms with van der Waals surface area (Å²) in [6.45, 7) is 3.75. The second kappa shape index (κ2) is 14.1. The first-order valence-corrected chi connectivity index (χ1v) is 10.7. The number of aliphatic hydroxyl groups is 1. The van der Waals surface area contributed by atoms with E-state index in [0.717, 1.165) is 11.3 Å². The molecule has 0 heterocycles. The molecule has 8 nitrogen and oxygen atoms in total. The van der Waals surface area contributed by atoms with Gasteiger partial charge in [0.15, 0.2) is 6.04 Å². The summed E-state index contributed by atoms with van der Waals surface area (Å²) < 4.78 is 4.83. The number of anilines is 1. The number of ether oxygens (including phenoxy) is 1. The van der Waals surface area contributed by atoms with E-state index in [1.165, 1.54) is 6.92 Å². The number of hydrogen-bond acceptors (Lipinski definition) is 6. The van der Waals surface area contributed by atoms with Crippen LogP contribution < -0.4 is 15.5 Å². The average Bonchev–Trinajstić information content (AvgIpc) is 2.71. The lowest BCUT2D eigenvalue weighted by Crippen LogP contribution is -2.53. The van der Waals surface area contributed by atoms with Crippen molar-refractivity contribution in [1.29, 1.82) is 0 Å². The fraction of sp³-hybridized carbons (Fsp3) is 0.550. The van der Waals surface area contributed by atoms with Crippen molar-refractivity contribution in [1.82, 2.24) is 10.6 Å². The Hall–Kier alpha value is -2.03. The third kappa shape index (κ3) is 8.77. The Kier molecular flexibility index (Phi) is 12.2. The molecule has 0 saturated heterocycles. The van der Waals surface area contributed by atoms with Crippen LogP contribution >= 0.6 is 23.2 Å². The lowest BCUT2D eigenvalue weighted by molar-refractivity contribution is -0.148. The maximum atomic E-state index is 12.6. The minimum absolute atomic E-state index is 0.122. The smallest absolute Gasteiger partial charge is 0.331 e. The number of aliphatic hydroxyl groups excluding tert-OH is 1. The highest BCUT2D eigenvalue weighted by molar-refractivity contribution is 6.18. The zero-order valence-electron chi connectivity index (χ0n) is 17.2. The van der Waals surface area contributed by atoms with Crippen LogP contribution in [0.25, 0.3) is 0 Å². The highest BCUT2D eigenvalue weighted by Crippen LogP contribution is 2.17. The van der Waals surface area contributed by atoms with Gasteiger partial charge in [0.05, 0.1) is 13.2 Å². The van der Waals surface area contributed by atoms with Crippen LogP contribution in [0.2, 0.25) is 0 Å². The monoisotopic (exact) mass is 461 g/mol. The lowest BCUT2D eigenvalue weighted by atomic mass is 10.0. The molecular weight excluding hydrogens is 433 g/mol. The van der Waals surface area contributed by atoms with Crippen LogP contribution in [0, 0.1) is 0 Å². The van der Waals surface area contributed by atoms with Gasteiger partial charge in [-0.2, -0.15) is 0 Å². The summed E-state index contributed by atoms with van der Waals surface area (Å²) >= 11 is 11.7. The van der Waals surface area contributed by atoms with E-state index in [-0.39, 0.29) is 18.9 Å². The summed E-state index contributed by atoms with van der Waals surface area (Å²) in [5, 5.41) is 14.4. The highest BCUT2D eigenvalue weighted by atomic mass is 35.5. The van der Waals surface area contributed by atoms with Crippen molar-refractivity contribution >= 4 is 46.7 Å². The Morgan fingerprint density at radius 1 is 1.07 bits per heavy atom. The summed E-state index contributed by atoms with van der Waals surface area (Å²) in [7, 11) is 0. The fourth-order valence-electron chi connectivity index (χ4n) is 2.80. The Labute approximate surface area is 186 Å². The van der Waals surface area contributed by atoms with Crippen molar-refractivity contribution in [2.24, 2.45) is 0 Å². The second-order valence-corrected chi connectivity index (χ2v) is 7.24. The summed E-state index contributed by atoms with van der Waals surface area (Å²) in [5.41, 5.74) is 1.75. The molecule has 30 heavy (non-hydrogen) atoms. The van der Waals surface area contributed by atoms with Crippen molar-refractivity contribution in [3.8, 4) is 0 Å². The number of nitrogens with zero attached hydrogens (tertiary/aromatic N) is 1. The molecule has 0 fully saturated rings. The summed E-state index contributed by atoms with van der Waals surface area (Å²) in [6, 6.07) is 5.37. The molecule has 2 amide bonds. The van der Waals surface area contributed by atoms with E-state index >= 15 is 0 Å². The van der Waals surface area contributed by atoms with Crippen LogP contribution in [0.3, 0.4) is 0 Å². The van der Waals surface area contributed by atoms with Gasteiger partial charge in [0, 0.05) is 43.9 Å². The molecule has 10 heteroatoms. The van der Waals surface area contributed by atoms with Crippen LogP contribution in [0.5, 0.6) is 0 Å². The second-order valence-electron chi connectivity index (χ2n) is 6.48. The predicted octanol–water partition coefficient (Wildman–Crippen LogP) is 1.06. The van der Waals surface area contributed by atoms with Gasteiger partial charge in [-0.1, -0.05) is 12.1 Å². The summed E-state index contributed by atoms with van der Waals surface area (Å²) in [5.74, 6) is -0.782. The van der Waals surface area contributed by atoms with Gasteiger partial charge in [0.25, 0.3) is 0 Å². The number of rotatable bonds is 13. The van der Waals surface area contributed by atoms with E-state index in [0.29, 0.717) is 24.8 Å². The van der Waals surface area contributed by atoms with E-state index in [1.807, 2.05) is 29.2 Å². The van der Waals surface area contributed by atoms with E-state index in [9.17, 15) is 19.5 Å². The molecule has 0 aliphatic carbocycles. The van der Waals surface area contributed by atoms with Gasteiger partial charge in [0.2, 0.25) is 11.8 Å².